The largest absolute Gasteiger partial charge is 0.457 e. The number of ether oxygens (including phenoxy) is 1. The van der Waals surface area contributed by atoms with Crippen LogP contribution in [-0.2, 0) is 0 Å². The number of benzene rings is 2. The van der Waals surface area contributed by atoms with Gasteiger partial charge in [-0.3, -0.25) is 19.4 Å². The lowest BCUT2D eigenvalue weighted by Gasteiger charge is -2.09. The molecule has 0 saturated carbocycles. The molecule has 10 nitrogen and oxygen atoms in total. The number of hydrogen-bond donors (Lipinski definition) is 4. The molecule has 4 aromatic heterocycles. The van der Waals surface area contributed by atoms with Gasteiger partial charge in [0.2, 0.25) is 0 Å². The SMILES string of the molecule is CNC(=O)c1cc(Oc2ccc(NC(=O)c3ccc4[nH]c(-c5nc6cscc6[nH]c5=O)cc4c3)cc2)ccn1. The fraction of sp³-hybridized carbons (Fsp3) is 0.0357. The maximum atomic E-state index is 12.9. The number of hydrogen-bond acceptors (Lipinski definition) is 7. The average molecular weight is 537 g/mol. The lowest BCUT2D eigenvalue weighted by molar-refractivity contribution is 0.0957. The predicted molar refractivity (Wildman–Crippen MR) is 150 cm³/mol. The predicted octanol–water partition coefficient (Wildman–Crippen LogP) is 4.93. The van der Waals surface area contributed by atoms with E-state index in [0.717, 1.165) is 16.4 Å². The number of aromatic nitrogens is 4. The molecule has 0 bridgehead atoms. The Morgan fingerprint density at radius 3 is 2.56 bits per heavy atom. The number of nitrogens with one attached hydrogen (secondary N) is 4. The Labute approximate surface area is 224 Å². The van der Waals surface area contributed by atoms with Gasteiger partial charge in [-0.05, 0) is 54.6 Å². The van der Waals surface area contributed by atoms with Crippen molar-refractivity contribution in [3.8, 4) is 22.9 Å². The molecule has 0 aliphatic heterocycles. The Morgan fingerprint density at radius 2 is 1.74 bits per heavy atom. The number of carbonyl (C=O) groups is 2. The Bertz CT molecular complexity index is 1920. The van der Waals surface area contributed by atoms with E-state index >= 15 is 0 Å². The Kier molecular flexibility index (Phi) is 6.10. The number of fused-ring (bicyclic) bond motifs is 2. The normalized spacial score (nSPS) is 11.0. The zero-order chi connectivity index (χ0) is 26.9. The minimum absolute atomic E-state index is 0.247. The zero-order valence-corrected chi connectivity index (χ0v) is 21.3. The molecule has 0 spiro atoms. The van der Waals surface area contributed by atoms with Gasteiger partial charge < -0.3 is 25.3 Å². The fourth-order valence-corrected chi connectivity index (χ4v) is 4.77. The van der Waals surface area contributed by atoms with Crippen molar-refractivity contribution < 1.29 is 14.3 Å². The van der Waals surface area contributed by atoms with Gasteiger partial charge in [0.15, 0.2) is 5.69 Å². The van der Waals surface area contributed by atoms with Crippen molar-refractivity contribution in [1.82, 2.24) is 25.3 Å². The van der Waals surface area contributed by atoms with Crippen LogP contribution in [0.25, 0.3) is 33.3 Å². The molecule has 0 aliphatic carbocycles. The van der Waals surface area contributed by atoms with E-state index in [1.54, 1.807) is 54.6 Å². The second-order valence-electron chi connectivity index (χ2n) is 8.61. The molecule has 6 rings (SSSR count). The van der Waals surface area contributed by atoms with E-state index in [0.29, 0.717) is 39.7 Å². The monoisotopic (exact) mass is 536 g/mol. The summed E-state index contributed by atoms with van der Waals surface area (Å²) in [7, 11) is 1.53. The third-order valence-electron chi connectivity index (χ3n) is 6.01. The standard InChI is InChI=1S/C28H20N6O4S/c1-29-27(36)22-12-19(8-9-30-22)38-18-5-3-17(4-6-18)31-26(35)15-2-7-20-16(10-15)11-21(32-20)25-28(37)34-24-14-39-13-23(24)33-25/h2-14,32H,1H3,(H,29,36)(H,31,35)(H,34,37). The van der Waals surface area contributed by atoms with Crippen LogP contribution in [0.3, 0.4) is 0 Å². The fourth-order valence-electron chi connectivity index (χ4n) is 4.08. The summed E-state index contributed by atoms with van der Waals surface area (Å²) in [4.78, 5) is 51.8. The number of H-pyrrole nitrogens is 2. The van der Waals surface area contributed by atoms with Gasteiger partial charge in [-0.2, -0.15) is 0 Å². The van der Waals surface area contributed by atoms with Crippen LogP contribution >= 0.6 is 11.3 Å². The molecule has 0 fully saturated rings. The number of pyridine rings is 1. The average Bonchev–Trinajstić information content (AvgIpc) is 3.59. The Morgan fingerprint density at radius 1 is 0.897 bits per heavy atom. The highest BCUT2D eigenvalue weighted by Crippen LogP contribution is 2.26. The summed E-state index contributed by atoms with van der Waals surface area (Å²) in [5.41, 5.74) is 4.09. The maximum absolute atomic E-state index is 12.9. The maximum Gasteiger partial charge on any atom is 0.276 e. The molecule has 39 heavy (non-hydrogen) atoms. The van der Waals surface area contributed by atoms with Crippen LogP contribution in [0, 0.1) is 0 Å². The topological polar surface area (TPSA) is 142 Å². The second kappa shape index (κ2) is 9.88. The van der Waals surface area contributed by atoms with Crippen molar-refractivity contribution in [3.05, 3.63) is 99.2 Å². The van der Waals surface area contributed by atoms with Gasteiger partial charge in [0.25, 0.3) is 17.4 Å². The van der Waals surface area contributed by atoms with Crippen molar-refractivity contribution in [2.24, 2.45) is 0 Å². The first kappa shape index (κ1) is 24.1. The van der Waals surface area contributed by atoms with Gasteiger partial charge in [-0.15, -0.1) is 11.3 Å². The van der Waals surface area contributed by atoms with Crippen molar-refractivity contribution >= 4 is 50.8 Å². The first-order chi connectivity index (χ1) is 19.0. The van der Waals surface area contributed by atoms with Crippen molar-refractivity contribution in [3.63, 3.8) is 0 Å². The molecule has 0 saturated heterocycles. The quantitative estimate of drug-likeness (QED) is 0.238. The van der Waals surface area contributed by atoms with E-state index in [1.165, 1.54) is 24.6 Å². The first-order valence-electron chi connectivity index (χ1n) is 11.8. The van der Waals surface area contributed by atoms with Crippen LogP contribution in [0.15, 0.2) is 82.4 Å². The van der Waals surface area contributed by atoms with Gasteiger partial charge in [-0.25, -0.2) is 4.98 Å². The molecule has 11 heteroatoms. The summed E-state index contributed by atoms with van der Waals surface area (Å²) >= 11 is 1.47. The van der Waals surface area contributed by atoms with E-state index in [9.17, 15) is 14.4 Å². The van der Waals surface area contributed by atoms with Crippen LogP contribution in [0.4, 0.5) is 5.69 Å². The molecule has 0 unspecified atom stereocenters. The summed E-state index contributed by atoms with van der Waals surface area (Å²) in [6.07, 6.45) is 1.50. The third kappa shape index (κ3) is 4.86. The smallest absolute Gasteiger partial charge is 0.276 e. The number of nitrogens with zero attached hydrogens (tertiary/aromatic N) is 2. The number of aromatic amines is 2. The highest BCUT2D eigenvalue weighted by Gasteiger charge is 2.14. The van der Waals surface area contributed by atoms with Crippen molar-refractivity contribution in [1.29, 1.82) is 0 Å². The summed E-state index contributed by atoms with van der Waals surface area (Å²) in [5.74, 6) is 0.408. The number of amides is 2. The minimum atomic E-state index is -0.308. The number of anilines is 1. The van der Waals surface area contributed by atoms with E-state index in [-0.39, 0.29) is 23.1 Å². The molecule has 2 amide bonds. The van der Waals surface area contributed by atoms with E-state index in [4.69, 9.17) is 4.74 Å². The zero-order valence-electron chi connectivity index (χ0n) is 20.4. The van der Waals surface area contributed by atoms with E-state index < -0.39 is 0 Å². The molecular weight excluding hydrogens is 516 g/mol. The van der Waals surface area contributed by atoms with Crippen LogP contribution in [0.2, 0.25) is 0 Å². The summed E-state index contributed by atoms with van der Waals surface area (Å²) in [6, 6.07) is 17.1. The van der Waals surface area contributed by atoms with Crippen LogP contribution in [0.1, 0.15) is 20.8 Å². The van der Waals surface area contributed by atoms with Gasteiger partial charge >= 0.3 is 0 Å². The molecule has 4 heterocycles. The molecule has 4 N–H and O–H groups in total. The minimum Gasteiger partial charge on any atom is -0.457 e. The summed E-state index contributed by atoms with van der Waals surface area (Å²) in [5, 5.41) is 9.90. The van der Waals surface area contributed by atoms with Crippen LogP contribution < -0.4 is 20.9 Å². The molecular formula is C28H20N6O4S. The number of carbonyl (C=O) groups excluding carboxylic acids is 2. The molecule has 2 aromatic carbocycles. The molecule has 6 aromatic rings. The first-order valence-corrected chi connectivity index (χ1v) is 12.8. The number of thiophene rings is 1. The van der Waals surface area contributed by atoms with Crippen LogP contribution in [0.5, 0.6) is 11.5 Å². The molecule has 0 radical (unpaired) electrons. The Balaban J connectivity index is 1.17. The lowest BCUT2D eigenvalue weighted by atomic mass is 10.1. The number of rotatable bonds is 6. The van der Waals surface area contributed by atoms with Crippen molar-refractivity contribution in [2.75, 3.05) is 12.4 Å². The van der Waals surface area contributed by atoms with Gasteiger partial charge in [0.05, 0.1) is 16.7 Å². The summed E-state index contributed by atoms with van der Waals surface area (Å²) in [6.45, 7) is 0. The van der Waals surface area contributed by atoms with Gasteiger partial charge in [0, 0.05) is 52.2 Å². The van der Waals surface area contributed by atoms with Crippen LogP contribution in [-0.4, -0.2) is 38.8 Å². The van der Waals surface area contributed by atoms with Gasteiger partial charge in [0.1, 0.15) is 17.2 Å². The third-order valence-corrected chi connectivity index (χ3v) is 6.75. The highest BCUT2D eigenvalue weighted by atomic mass is 32.1. The molecule has 192 valence electrons. The molecule has 0 aliphatic rings. The summed E-state index contributed by atoms with van der Waals surface area (Å²) < 4.78 is 5.81. The lowest BCUT2D eigenvalue weighted by Crippen LogP contribution is -2.18. The van der Waals surface area contributed by atoms with Gasteiger partial charge in [-0.1, -0.05) is 0 Å². The Hall–Kier alpha value is -5.29. The van der Waals surface area contributed by atoms with E-state index in [2.05, 4.69) is 30.6 Å². The van der Waals surface area contributed by atoms with E-state index in [1.807, 2.05) is 16.8 Å². The second-order valence-corrected chi connectivity index (χ2v) is 9.35. The molecule has 0 atom stereocenters. The van der Waals surface area contributed by atoms with Crippen molar-refractivity contribution in [2.45, 2.75) is 0 Å². The highest BCUT2D eigenvalue weighted by molar-refractivity contribution is 7.09.